The second-order valence-electron chi connectivity index (χ2n) is 9.49. The van der Waals surface area contributed by atoms with E-state index in [4.69, 9.17) is 0 Å². The van der Waals surface area contributed by atoms with Gasteiger partial charge in [0.2, 0.25) is 0 Å². The number of hydrogen-bond donors (Lipinski definition) is 0. The lowest BCUT2D eigenvalue weighted by Crippen LogP contribution is -2.44. The zero-order valence-electron chi connectivity index (χ0n) is 16.9. The predicted octanol–water partition coefficient (Wildman–Crippen LogP) is 7.35. The quantitative estimate of drug-likeness (QED) is 0.382. The summed E-state index contributed by atoms with van der Waals surface area (Å²) < 4.78 is 41.5. The van der Waals surface area contributed by atoms with E-state index in [2.05, 4.69) is 58.2 Å². The molecule has 3 rings (SSSR count). The van der Waals surface area contributed by atoms with Crippen molar-refractivity contribution in [3.8, 4) is 0 Å². The molecule has 1 heterocycles. The van der Waals surface area contributed by atoms with Crippen molar-refractivity contribution in [2.75, 3.05) is 4.57 Å². The van der Waals surface area contributed by atoms with Crippen molar-refractivity contribution < 1.29 is 13.2 Å². The SMILES string of the molecule is CC(C)(C)[Si]1(C(C)(C)C)C(c2ccccc2)N1c1ccc(C(F)(F)F)cc1. The third-order valence-electron chi connectivity index (χ3n) is 5.84. The summed E-state index contributed by atoms with van der Waals surface area (Å²) >= 11 is 0. The highest BCUT2D eigenvalue weighted by Gasteiger charge is 2.76. The van der Waals surface area contributed by atoms with Crippen LogP contribution in [0.2, 0.25) is 10.1 Å². The molecule has 0 aliphatic carbocycles. The van der Waals surface area contributed by atoms with Crippen LogP contribution < -0.4 is 4.57 Å². The first-order chi connectivity index (χ1) is 12.3. The van der Waals surface area contributed by atoms with Crippen LogP contribution in [-0.2, 0) is 6.18 Å². The average Bonchev–Trinajstić information content (AvgIpc) is 3.26. The first kappa shape index (κ1) is 20.0. The summed E-state index contributed by atoms with van der Waals surface area (Å²) in [6.07, 6.45) is -4.31. The van der Waals surface area contributed by atoms with Crippen molar-refractivity contribution >= 4 is 13.9 Å². The van der Waals surface area contributed by atoms with Gasteiger partial charge in [-0.2, -0.15) is 13.2 Å². The molecule has 1 aliphatic rings. The Hall–Kier alpha value is -1.75. The molecule has 0 bridgehead atoms. The maximum Gasteiger partial charge on any atom is 0.416 e. The number of alkyl halides is 3. The monoisotopic (exact) mass is 391 g/mol. The van der Waals surface area contributed by atoms with Gasteiger partial charge in [-0.1, -0.05) is 71.9 Å². The van der Waals surface area contributed by atoms with Gasteiger partial charge in [-0.3, -0.25) is 0 Å². The Morgan fingerprint density at radius 2 is 1.22 bits per heavy atom. The minimum atomic E-state index is -4.31. The molecule has 27 heavy (non-hydrogen) atoms. The zero-order valence-corrected chi connectivity index (χ0v) is 17.9. The van der Waals surface area contributed by atoms with Gasteiger partial charge in [-0.25, -0.2) is 0 Å². The van der Waals surface area contributed by atoms with E-state index in [1.807, 2.05) is 18.2 Å². The molecule has 0 amide bonds. The lowest BCUT2D eigenvalue weighted by molar-refractivity contribution is -0.137. The Morgan fingerprint density at radius 3 is 1.63 bits per heavy atom. The average molecular weight is 392 g/mol. The number of rotatable bonds is 2. The molecule has 0 radical (unpaired) electrons. The lowest BCUT2D eigenvalue weighted by Gasteiger charge is -2.40. The van der Waals surface area contributed by atoms with Crippen molar-refractivity contribution in [3.05, 3.63) is 65.7 Å². The van der Waals surface area contributed by atoms with Crippen LogP contribution in [0.5, 0.6) is 0 Å². The highest BCUT2D eigenvalue weighted by Crippen LogP contribution is 2.71. The van der Waals surface area contributed by atoms with Crippen molar-refractivity contribution in [1.29, 1.82) is 0 Å². The number of anilines is 1. The van der Waals surface area contributed by atoms with Crippen LogP contribution in [0.1, 0.15) is 58.3 Å². The van der Waals surface area contributed by atoms with Crippen LogP contribution in [0.25, 0.3) is 0 Å². The van der Waals surface area contributed by atoms with Crippen molar-refractivity contribution in [2.45, 2.75) is 63.5 Å². The third kappa shape index (κ3) is 3.10. The summed E-state index contributed by atoms with van der Waals surface area (Å²) in [5.74, 6) is 0. The van der Waals surface area contributed by atoms with Gasteiger partial charge in [0.15, 0.2) is 8.24 Å². The van der Waals surface area contributed by atoms with Crippen molar-refractivity contribution in [3.63, 3.8) is 0 Å². The molecule has 146 valence electrons. The molecular formula is C22H28F3NSi. The molecule has 0 aromatic heterocycles. The molecule has 2 aromatic rings. The first-order valence-electron chi connectivity index (χ1n) is 9.33. The topological polar surface area (TPSA) is 3.01 Å². The summed E-state index contributed by atoms with van der Waals surface area (Å²) in [6, 6.07) is 16.1. The van der Waals surface area contributed by atoms with Gasteiger partial charge < -0.3 is 4.57 Å². The van der Waals surface area contributed by atoms with E-state index >= 15 is 0 Å². The summed E-state index contributed by atoms with van der Waals surface area (Å²) in [5.41, 5.74) is 1.82. The Kier molecular flexibility index (Phi) is 4.54. The second kappa shape index (κ2) is 6.13. The van der Waals surface area contributed by atoms with E-state index < -0.39 is 20.0 Å². The molecule has 1 fully saturated rings. The molecule has 0 saturated carbocycles. The fourth-order valence-corrected chi connectivity index (χ4v) is 13.0. The van der Waals surface area contributed by atoms with E-state index in [9.17, 15) is 13.2 Å². The molecule has 1 nitrogen and oxygen atoms in total. The molecule has 1 atom stereocenters. The maximum absolute atomic E-state index is 13.0. The summed E-state index contributed by atoms with van der Waals surface area (Å²) in [5, 5.41) is 0.128. The summed E-state index contributed by atoms with van der Waals surface area (Å²) in [7, 11) is -2.11. The van der Waals surface area contributed by atoms with Gasteiger partial charge in [0.1, 0.15) is 0 Å². The Balaban J connectivity index is 2.14. The fourth-order valence-electron chi connectivity index (χ4n) is 5.15. The van der Waals surface area contributed by atoms with Crippen LogP contribution in [-0.4, -0.2) is 8.24 Å². The van der Waals surface area contributed by atoms with Gasteiger partial charge in [-0.05, 0) is 39.9 Å². The van der Waals surface area contributed by atoms with Gasteiger partial charge in [0, 0.05) is 5.69 Å². The van der Waals surface area contributed by atoms with E-state index in [1.165, 1.54) is 17.7 Å². The van der Waals surface area contributed by atoms with Crippen LogP contribution in [0, 0.1) is 0 Å². The van der Waals surface area contributed by atoms with E-state index in [0.717, 1.165) is 5.69 Å². The number of benzene rings is 2. The molecule has 0 N–H and O–H groups in total. The van der Waals surface area contributed by atoms with E-state index in [-0.39, 0.29) is 15.7 Å². The Bertz CT molecular complexity index is 785. The molecule has 2 aromatic carbocycles. The van der Waals surface area contributed by atoms with Gasteiger partial charge >= 0.3 is 6.18 Å². The Labute approximate surface area is 161 Å². The molecule has 5 heteroatoms. The van der Waals surface area contributed by atoms with Crippen LogP contribution in [0.15, 0.2) is 54.6 Å². The maximum atomic E-state index is 13.0. The highest BCUT2D eigenvalue weighted by atomic mass is 28.4. The number of hydrogen-bond acceptors (Lipinski definition) is 1. The largest absolute Gasteiger partial charge is 0.416 e. The standard InChI is InChI=1S/C22H28F3NSi/c1-20(2,3)27(21(4,5)6)19(16-10-8-7-9-11-16)26(27)18-14-12-17(13-15-18)22(23,24)25/h7-15,19H,1-6H3. The van der Waals surface area contributed by atoms with E-state index in [1.54, 1.807) is 12.1 Å². The van der Waals surface area contributed by atoms with Gasteiger partial charge in [-0.15, -0.1) is 0 Å². The molecule has 0 spiro atoms. The van der Waals surface area contributed by atoms with Crippen LogP contribution >= 0.6 is 0 Å². The minimum absolute atomic E-state index is 0.0639. The Morgan fingerprint density at radius 1 is 0.741 bits per heavy atom. The summed E-state index contributed by atoms with van der Waals surface area (Å²) in [4.78, 5) is 0. The number of halogens is 3. The van der Waals surface area contributed by atoms with Crippen molar-refractivity contribution in [1.82, 2.24) is 0 Å². The molecular weight excluding hydrogens is 363 g/mol. The predicted molar refractivity (Wildman–Crippen MR) is 108 cm³/mol. The van der Waals surface area contributed by atoms with Crippen molar-refractivity contribution in [2.24, 2.45) is 0 Å². The molecule has 1 unspecified atom stereocenters. The van der Waals surface area contributed by atoms with E-state index in [0.29, 0.717) is 0 Å². The van der Waals surface area contributed by atoms with Gasteiger partial charge in [0.05, 0.1) is 11.2 Å². The number of nitrogens with zero attached hydrogens (tertiary/aromatic N) is 1. The fraction of sp³-hybridized carbons (Fsp3) is 0.455. The molecule has 1 aliphatic heterocycles. The normalized spacial score (nSPS) is 19.9. The van der Waals surface area contributed by atoms with Crippen LogP contribution in [0.3, 0.4) is 0 Å². The summed E-state index contributed by atoms with van der Waals surface area (Å²) in [6.45, 7) is 13.7. The van der Waals surface area contributed by atoms with Gasteiger partial charge in [0.25, 0.3) is 0 Å². The minimum Gasteiger partial charge on any atom is -0.388 e. The first-order valence-corrected chi connectivity index (χ1v) is 11.4. The second-order valence-corrected chi connectivity index (χ2v) is 15.1. The molecule has 1 saturated heterocycles. The lowest BCUT2D eigenvalue weighted by atomic mass is 10.2. The highest BCUT2D eigenvalue weighted by molar-refractivity contribution is 6.99. The van der Waals surface area contributed by atoms with Crippen LogP contribution in [0.4, 0.5) is 18.9 Å². The zero-order chi connectivity index (χ0) is 20.3. The third-order valence-corrected chi connectivity index (χ3v) is 12.8. The smallest absolute Gasteiger partial charge is 0.388 e.